The molecule has 0 radical (unpaired) electrons. The van der Waals surface area contributed by atoms with Crippen LogP contribution in [0.2, 0.25) is 0 Å². The van der Waals surface area contributed by atoms with Crippen molar-refractivity contribution in [2.45, 2.75) is 25.9 Å². The predicted octanol–water partition coefficient (Wildman–Crippen LogP) is 3.72. The summed E-state index contributed by atoms with van der Waals surface area (Å²) in [5.41, 5.74) is 4.87. The van der Waals surface area contributed by atoms with Gasteiger partial charge in [-0.1, -0.05) is 48.5 Å². The van der Waals surface area contributed by atoms with Crippen LogP contribution < -0.4 is 10.7 Å². The van der Waals surface area contributed by atoms with Crippen LogP contribution >= 0.6 is 0 Å². The van der Waals surface area contributed by atoms with E-state index in [0.717, 1.165) is 11.3 Å². The number of hydrazone groups is 1. The number of hydrogen-bond acceptors (Lipinski definition) is 6. The van der Waals surface area contributed by atoms with Gasteiger partial charge in [0.25, 0.3) is 0 Å². The lowest BCUT2D eigenvalue weighted by atomic mass is 10.1. The topological polar surface area (TPSA) is 89.0 Å². The Hall–Kier alpha value is -3.35. The molecule has 7 heteroatoms. The summed E-state index contributed by atoms with van der Waals surface area (Å²) in [6.07, 6.45) is 1.33. The summed E-state index contributed by atoms with van der Waals surface area (Å²) >= 11 is 0. The number of rotatable bonds is 10. The molecule has 0 saturated heterocycles. The zero-order chi connectivity index (χ0) is 20.0. The summed E-state index contributed by atoms with van der Waals surface area (Å²) in [5.74, 6) is -0.473. The number of amides is 1. The highest BCUT2D eigenvalue weighted by Gasteiger charge is 2.12. The number of nitrogens with zero attached hydrogens (tertiary/aromatic N) is 1. The van der Waals surface area contributed by atoms with E-state index in [0.29, 0.717) is 31.5 Å². The fourth-order valence-electron chi connectivity index (χ4n) is 2.35. The van der Waals surface area contributed by atoms with E-state index >= 15 is 0 Å². The zero-order valence-corrected chi connectivity index (χ0v) is 15.9. The molecule has 2 aromatic carbocycles. The van der Waals surface area contributed by atoms with E-state index < -0.39 is 12.1 Å². The van der Waals surface area contributed by atoms with Crippen molar-refractivity contribution >= 4 is 23.5 Å². The van der Waals surface area contributed by atoms with Crippen LogP contribution in [0.4, 0.5) is 10.5 Å². The monoisotopic (exact) mass is 383 g/mol. The standard InChI is InChI=1S/C21H25N3O4/c1-27-20(25)19(24-23-18-12-6-3-7-13-18)14-8-9-15-22-21(26)28-16-17-10-4-2-5-11-17/h2-7,10-13,23H,8-9,14-16H2,1H3,(H,22,26)/b24-19+. The first-order chi connectivity index (χ1) is 13.7. The highest BCUT2D eigenvalue weighted by Crippen LogP contribution is 2.07. The SMILES string of the molecule is COC(=O)/C(CCCCNC(=O)OCc1ccccc1)=N/Nc1ccccc1. The van der Waals surface area contributed by atoms with E-state index in [2.05, 4.69) is 15.8 Å². The van der Waals surface area contributed by atoms with Crippen molar-refractivity contribution in [1.29, 1.82) is 0 Å². The van der Waals surface area contributed by atoms with Crippen LogP contribution in [-0.4, -0.2) is 31.4 Å². The van der Waals surface area contributed by atoms with Crippen molar-refractivity contribution in [3.63, 3.8) is 0 Å². The average molecular weight is 383 g/mol. The zero-order valence-electron chi connectivity index (χ0n) is 15.9. The van der Waals surface area contributed by atoms with E-state index in [9.17, 15) is 9.59 Å². The predicted molar refractivity (Wildman–Crippen MR) is 108 cm³/mol. The van der Waals surface area contributed by atoms with Gasteiger partial charge in [-0.15, -0.1) is 0 Å². The molecule has 0 aliphatic heterocycles. The van der Waals surface area contributed by atoms with Crippen molar-refractivity contribution in [2.24, 2.45) is 5.10 Å². The Morgan fingerprint density at radius 3 is 2.32 bits per heavy atom. The summed E-state index contributed by atoms with van der Waals surface area (Å²) in [5, 5.41) is 6.84. The Balaban J connectivity index is 1.67. The Morgan fingerprint density at radius 1 is 0.964 bits per heavy atom. The third kappa shape index (κ3) is 7.90. The second kappa shape index (κ2) is 12.1. The van der Waals surface area contributed by atoms with Crippen LogP contribution in [0.15, 0.2) is 65.8 Å². The van der Waals surface area contributed by atoms with E-state index in [1.807, 2.05) is 60.7 Å². The van der Waals surface area contributed by atoms with Gasteiger partial charge < -0.3 is 14.8 Å². The highest BCUT2D eigenvalue weighted by molar-refractivity contribution is 6.36. The van der Waals surface area contributed by atoms with Crippen molar-refractivity contribution in [3.8, 4) is 0 Å². The van der Waals surface area contributed by atoms with Crippen molar-refractivity contribution in [2.75, 3.05) is 19.1 Å². The maximum Gasteiger partial charge on any atom is 0.407 e. The molecule has 0 aromatic heterocycles. The van der Waals surface area contributed by atoms with Crippen LogP contribution in [0.3, 0.4) is 0 Å². The number of para-hydroxylation sites is 1. The first-order valence-corrected chi connectivity index (χ1v) is 9.09. The first-order valence-electron chi connectivity index (χ1n) is 9.09. The molecule has 2 aromatic rings. The van der Waals surface area contributed by atoms with Crippen LogP contribution in [0.1, 0.15) is 24.8 Å². The second-order valence-corrected chi connectivity index (χ2v) is 5.97. The van der Waals surface area contributed by atoms with Gasteiger partial charge in [-0.3, -0.25) is 5.43 Å². The molecule has 0 heterocycles. The molecule has 0 saturated carbocycles. The van der Waals surface area contributed by atoms with E-state index in [1.165, 1.54) is 7.11 Å². The number of benzene rings is 2. The maximum absolute atomic E-state index is 11.8. The summed E-state index contributed by atoms with van der Waals surface area (Å²) in [4.78, 5) is 23.5. The summed E-state index contributed by atoms with van der Waals surface area (Å²) in [6, 6.07) is 18.8. The molecular weight excluding hydrogens is 358 g/mol. The maximum atomic E-state index is 11.8. The van der Waals surface area contributed by atoms with Crippen LogP contribution in [0, 0.1) is 0 Å². The van der Waals surface area contributed by atoms with Crippen molar-refractivity contribution < 1.29 is 19.1 Å². The number of esters is 1. The lowest BCUT2D eigenvalue weighted by molar-refractivity contribution is -0.132. The number of methoxy groups -OCH3 is 1. The molecule has 0 spiro atoms. The number of unbranched alkanes of at least 4 members (excludes halogenated alkanes) is 1. The molecule has 0 bridgehead atoms. The van der Waals surface area contributed by atoms with Gasteiger partial charge in [-0.25, -0.2) is 9.59 Å². The minimum atomic E-state index is -0.473. The Labute approximate surface area is 164 Å². The third-order valence-corrected chi connectivity index (χ3v) is 3.84. The molecule has 148 valence electrons. The number of carbonyl (C=O) groups excluding carboxylic acids is 2. The summed E-state index contributed by atoms with van der Waals surface area (Å²) in [7, 11) is 1.32. The number of nitrogens with one attached hydrogen (secondary N) is 2. The first kappa shape index (κ1) is 21.0. The fraction of sp³-hybridized carbons (Fsp3) is 0.286. The summed E-state index contributed by atoms with van der Waals surface area (Å²) in [6.45, 7) is 0.686. The number of anilines is 1. The average Bonchev–Trinajstić information content (AvgIpc) is 2.75. The minimum absolute atomic E-state index is 0.233. The van der Waals surface area contributed by atoms with E-state index in [1.54, 1.807) is 0 Å². The smallest absolute Gasteiger partial charge is 0.407 e. The largest absolute Gasteiger partial charge is 0.464 e. The van der Waals surface area contributed by atoms with Crippen LogP contribution in [0.25, 0.3) is 0 Å². The molecule has 2 N–H and O–H groups in total. The number of carbonyl (C=O) groups is 2. The molecule has 0 fully saturated rings. The number of ether oxygens (including phenoxy) is 2. The van der Waals surface area contributed by atoms with Crippen LogP contribution in [-0.2, 0) is 20.9 Å². The van der Waals surface area contributed by atoms with Crippen molar-refractivity contribution in [3.05, 3.63) is 66.2 Å². The van der Waals surface area contributed by atoms with Gasteiger partial charge in [0.15, 0.2) is 0 Å². The number of alkyl carbamates (subject to hydrolysis) is 1. The quantitative estimate of drug-likeness (QED) is 0.282. The Kier molecular flexibility index (Phi) is 9.06. The van der Waals surface area contributed by atoms with Crippen LogP contribution in [0.5, 0.6) is 0 Å². The molecule has 7 nitrogen and oxygen atoms in total. The molecule has 1 amide bonds. The van der Waals surface area contributed by atoms with Crippen molar-refractivity contribution in [1.82, 2.24) is 5.32 Å². The normalized spacial score (nSPS) is 10.8. The van der Waals surface area contributed by atoms with Gasteiger partial charge in [-0.2, -0.15) is 5.10 Å². The number of hydrogen-bond donors (Lipinski definition) is 2. The molecule has 0 atom stereocenters. The molecule has 28 heavy (non-hydrogen) atoms. The Morgan fingerprint density at radius 2 is 1.64 bits per heavy atom. The lowest BCUT2D eigenvalue weighted by Crippen LogP contribution is -2.25. The van der Waals surface area contributed by atoms with Gasteiger partial charge in [0.1, 0.15) is 12.3 Å². The van der Waals surface area contributed by atoms with Gasteiger partial charge in [0.05, 0.1) is 12.8 Å². The molecule has 0 unspecified atom stereocenters. The van der Waals surface area contributed by atoms with Gasteiger partial charge >= 0.3 is 12.1 Å². The summed E-state index contributed by atoms with van der Waals surface area (Å²) < 4.78 is 9.91. The van der Waals surface area contributed by atoms with Gasteiger partial charge in [-0.05, 0) is 37.0 Å². The molecular formula is C21H25N3O4. The molecule has 0 aliphatic carbocycles. The molecule has 2 rings (SSSR count). The second-order valence-electron chi connectivity index (χ2n) is 5.97. The highest BCUT2D eigenvalue weighted by atomic mass is 16.5. The Bertz CT molecular complexity index is 764. The van der Waals surface area contributed by atoms with E-state index in [-0.39, 0.29) is 6.61 Å². The van der Waals surface area contributed by atoms with E-state index in [4.69, 9.17) is 9.47 Å². The minimum Gasteiger partial charge on any atom is -0.464 e. The molecule has 0 aliphatic rings. The van der Waals surface area contributed by atoms with Gasteiger partial charge in [0.2, 0.25) is 0 Å². The third-order valence-electron chi connectivity index (χ3n) is 3.84. The lowest BCUT2D eigenvalue weighted by Gasteiger charge is -2.08. The van der Waals surface area contributed by atoms with Gasteiger partial charge in [0, 0.05) is 6.54 Å². The fourth-order valence-corrected chi connectivity index (χ4v) is 2.35.